The molecule has 240 valence electrons. The second-order valence-corrected chi connectivity index (χ2v) is 10.0. The van der Waals surface area contributed by atoms with Gasteiger partial charge in [-0.25, -0.2) is 18.3 Å². The van der Waals surface area contributed by atoms with Crippen molar-refractivity contribution in [2.45, 2.75) is 25.3 Å². The fourth-order valence-corrected chi connectivity index (χ4v) is 4.80. The summed E-state index contributed by atoms with van der Waals surface area (Å²) in [6.07, 6.45) is -0.761. The molecule has 2 aromatic carbocycles. The fourth-order valence-electron chi connectivity index (χ4n) is 4.64. The Morgan fingerprint density at radius 1 is 1.04 bits per heavy atom. The Morgan fingerprint density at radius 3 is 2.41 bits per heavy atom. The number of aromatic carboxylic acids is 1. The summed E-state index contributed by atoms with van der Waals surface area (Å²) in [4.78, 5) is 11.2. The maximum Gasteiger partial charge on any atom is 0.436 e. The molecular weight excluding hydrogens is 653 g/mol. The summed E-state index contributed by atoms with van der Waals surface area (Å²) in [6.45, 7) is -3.62. The molecule has 1 atom stereocenters. The highest BCUT2D eigenvalue weighted by atomic mass is 35.5. The predicted molar refractivity (Wildman–Crippen MR) is 143 cm³/mol. The molecule has 0 aliphatic rings. The lowest BCUT2D eigenvalue weighted by Gasteiger charge is -2.15. The van der Waals surface area contributed by atoms with Gasteiger partial charge in [0.15, 0.2) is 11.5 Å². The van der Waals surface area contributed by atoms with E-state index >= 15 is 4.39 Å². The van der Waals surface area contributed by atoms with Crippen molar-refractivity contribution in [2.24, 2.45) is 0 Å². The number of hydrogen-bond donors (Lipinski definition) is 2. The summed E-state index contributed by atoms with van der Waals surface area (Å²) < 4.78 is 102. The van der Waals surface area contributed by atoms with Gasteiger partial charge in [0.2, 0.25) is 6.20 Å². The van der Waals surface area contributed by atoms with Crippen LogP contribution in [0.2, 0.25) is 5.02 Å². The Hall–Kier alpha value is -5.03. The minimum atomic E-state index is -4.83. The van der Waals surface area contributed by atoms with Crippen molar-refractivity contribution in [1.82, 2.24) is 24.8 Å². The van der Waals surface area contributed by atoms with Crippen LogP contribution in [0.5, 0.6) is 0 Å². The standard InChI is InChI=1S/C28H18ClF7N6O4/c29-18-4-6-22(41-13-23(38-39-41)28(34,35)36)24(25(18)31)15-2-5-21(42(45)12-15)20(7-8-46-27(32)33)40-11-16(10-37-40)14-1-3-17(26(43)44)19(30)9-14/h1-6,9-13,20,27H,7-8H2,(H-,43,44,45)/p+1/t20-/m0/s1. The van der Waals surface area contributed by atoms with E-state index in [1.807, 2.05) is 0 Å². The zero-order chi connectivity index (χ0) is 33.3. The van der Waals surface area contributed by atoms with E-state index in [-0.39, 0.29) is 39.5 Å². The van der Waals surface area contributed by atoms with Crippen LogP contribution < -0.4 is 4.73 Å². The third-order valence-electron chi connectivity index (χ3n) is 6.78. The molecule has 3 aromatic heterocycles. The van der Waals surface area contributed by atoms with Gasteiger partial charge in [-0.15, -0.1) is 5.10 Å². The van der Waals surface area contributed by atoms with Crippen LogP contribution in [0.3, 0.4) is 0 Å². The molecule has 0 fully saturated rings. The number of nitrogens with zero attached hydrogens (tertiary/aromatic N) is 6. The monoisotopic (exact) mass is 671 g/mol. The quantitative estimate of drug-likeness (QED) is 0.103. The molecular formula is C28H19ClF7N6O4+. The largest absolute Gasteiger partial charge is 0.478 e. The normalized spacial score (nSPS) is 12.5. The number of aromatic nitrogens is 6. The van der Waals surface area contributed by atoms with E-state index in [9.17, 15) is 36.3 Å². The number of carbonyl (C=O) groups is 1. The minimum absolute atomic E-state index is 0.0211. The lowest BCUT2D eigenvalue weighted by molar-refractivity contribution is -0.910. The molecule has 18 heteroatoms. The molecule has 2 N–H and O–H groups in total. The number of halogens is 8. The molecule has 0 unspecified atom stereocenters. The molecule has 0 radical (unpaired) electrons. The first-order valence-electron chi connectivity index (χ1n) is 12.9. The first-order chi connectivity index (χ1) is 21.7. The molecule has 0 amide bonds. The van der Waals surface area contributed by atoms with Gasteiger partial charge in [-0.1, -0.05) is 22.9 Å². The average molecular weight is 672 g/mol. The van der Waals surface area contributed by atoms with Crippen molar-refractivity contribution >= 4 is 17.6 Å². The average Bonchev–Trinajstić information content (AvgIpc) is 3.68. The Kier molecular flexibility index (Phi) is 8.98. The van der Waals surface area contributed by atoms with Crippen LogP contribution in [0, 0.1) is 11.6 Å². The molecule has 0 bridgehead atoms. The SMILES string of the molecule is O=C(O)c1ccc(-c2cnn([C@@H](CCOC(F)F)c3ccc(-c4c(-n5cc(C(F)(F)F)nn5)ccc(Cl)c4F)c[n+]3O)c2)cc1F. The van der Waals surface area contributed by atoms with Crippen LogP contribution in [-0.2, 0) is 10.9 Å². The van der Waals surface area contributed by atoms with Gasteiger partial charge in [0.1, 0.15) is 11.9 Å². The fraction of sp³-hybridized carbons (Fsp3) is 0.179. The van der Waals surface area contributed by atoms with Gasteiger partial charge in [0.05, 0.1) is 46.4 Å². The number of pyridine rings is 1. The Bertz CT molecular complexity index is 1910. The Morgan fingerprint density at radius 2 is 1.78 bits per heavy atom. The van der Waals surface area contributed by atoms with Crippen molar-refractivity contribution in [3.8, 4) is 27.9 Å². The lowest BCUT2D eigenvalue weighted by Crippen LogP contribution is -2.38. The van der Waals surface area contributed by atoms with E-state index in [0.717, 1.165) is 24.4 Å². The van der Waals surface area contributed by atoms with Gasteiger partial charge in [-0.3, -0.25) is 9.89 Å². The van der Waals surface area contributed by atoms with Crippen molar-refractivity contribution in [3.63, 3.8) is 0 Å². The van der Waals surface area contributed by atoms with E-state index in [4.69, 9.17) is 16.7 Å². The third kappa shape index (κ3) is 6.64. The third-order valence-corrected chi connectivity index (χ3v) is 7.07. The number of benzene rings is 2. The summed E-state index contributed by atoms with van der Waals surface area (Å²) in [5.74, 6) is -3.51. The maximum absolute atomic E-state index is 15.4. The van der Waals surface area contributed by atoms with Gasteiger partial charge >= 0.3 is 18.8 Å². The molecule has 0 aliphatic carbocycles. The summed E-state index contributed by atoms with van der Waals surface area (Å²) in [5.41, 5.74) is -1.92. The number of hydrogen-bond acceptors (Lipinski definition) is 6. The summed E-state index contributed by atoms with van der Waals surface area (Å²) in [6, 6.07) is 7.26. The first kappa shape index (κ1) is 32.4. The van der Waals surface area contributed by atoms with Gasteiger partial charge in [-0.05, 0) is 35.9 Å². The molecule has 46 heavy (non-hydrogen) atoms. The smallest absolute Gasteiger partial charge is 0.436 e. The van der Waals surface area contributed by atoms with Gasteiger partial charge in [0.25, 0.3) is 5.69 Å². The van der Waals surface area contributed by atoms with Crippen LogP contribution in [-0.4, -0.2) is 54.3 Å². The van der Waals surface area contributed by atoms with Crippen LogP contribution in [0.4, 0.5) is 30.7 Å². The number of ether oxygens (including phenoxy) is 1. The highest BCUT2D eigenvalue weighted by molar-refractivity contribution is 6.31. The lowest BCUT2D eigenvalue weighted by atomic mass is 10.0. The Labute approximate surface area is 258 Å². The van der Waals surface area contributed by atoms with Crippen molar-refractivity contribution < 1.29 is 55.3 Å². The highest BCUT2D eigenvalue weighted by Crippen LogP contribution is 2.35. The molecule has 5 aromatic rings. The van der Waals surface area contributed by atoms with Gasteiger partial charge in [0, 0.05) is 29.0 Å². The zero-order valence-electron chi connectivity index (χ0n) is 22.8. The molecule has 0 saturated heterocycles. The second kappa shape index (κ2) is 12.8. The number of alkyl halides is 5. The van der Waals surface area contributed by atoms with Crippen LogP contribution in [0.25, 0.3) is 27.9 Å². The van der Waals surface area contributed by atoms with E-state index in [2.05, 4.69) is 20.1 Å². The topological polar surface area (TPSA) is 119 Å². The maximum atomic E-state index is 15.4. The van der Waals surface area contributed by atoms with E-state index in [1.165, 1.54) is 41.3 Å². The van der Waals surface area contributed by atoms with Crippen LogP contribution >= 0.6 is 11.6 Å². The summed E-state index contributed by atoms with van der Waals surface area (Å²) in [5, 5.41) is 30.4. The second-order valence-electron chi connectivity index (χ2n) is 9.63. The molecule has 3 heterocycles. The van der Waals surface area contributed by atoms with Crippen molar-refractivity contribution in [2.75, 3.05) is 6.61 Å². The number of carboxylic acids is 1. The van der Waals surface area contributed by atoms with Crippen LogP contribution in [0.15, 0.2) is 67.3 Å². The van der Waals surface area contributed by atoms with Crippen LogP contribution in [0.1, 0.15) is 34.2 Å². The summed E-state index contributed by atoms with van der Waals surface area (Å²) >= 11 is 5.96. The minimum Gasteiger partial charge on any atom is -0.478 e. The summed E-state index contributed by atoms with van der Waals surface area (Å²) in [7, 11) is 0. The molecule has 10 nitrogen and oxygen atoms in total. The van der Waals surface area contributed by atoms with Gasteiger partial charge in [-0.2, -0.15) is 27.1 Å². The first-order valence-corrected chi connectivity index (χ1v) is 13.3. The highest BCUT2D eigenvalue weighted by Gasteiger charge is 2.35. The molecule has 0 spiro atoms. The zero-order valence-corrected chi connectivity index (χ0v) is 23.6. The van der Waals surface area contributed by atoms with Crippen molar-refractivity contribution in [3.05, 3.63) is 101 Å². The van der Waals surface area contributed by atoms with Gasteiger partial charge < -0.3 is 9.84 Å². The molecule has 0 saturated carbocycles. The van der Waals surface area contributed by atoms with E-state index in [0.29, 0.717) is 21.2 Å². The number of rotatable bonds is 10. The van der Waals surface area contributed by atoms with E-state index in [1.54, 1.807) is 0 Å². The molecule has 0 aliphatic heterocycles. The van der Waals surface area contributed by atoms with Crippen molar-refractivity contribution in [1.29, 1.82) is 0 Å². The molecule has 5 rings (SSSR count). The van der Waals surface area contributed by atoms with E-state index < -0.39 is 54.3 Å². The Balaban J connectivity index is 1.54. The predicted octanol–water partition coefficient (Wildman–Crippen LogP) is 6.19. The number of carboxylic acid groups (broad SMARTS) is 1.